The quantitative estimate of drug-likeness (QED) is 0.777. The number of aryl methyl sites for hydroxylation is 1. The molecule has 0 spiro atoms. The zero-order valence-corrected chi connectivity index (χ0v) is 15.2. The molecule has 1 fully saturated rings. The van der Waals surface area contributed by atoms with Gasteiger partial charge in [0.2, 0.25) is 0 Å². The number of urea groups is 1. The molecule has 1 aliphatic heterocycles. The standard InChI is InChI=1S/C17H14F3N3O4S/c1-10-9-21-7-6-11(10)8-14-15(24)23(16(25)22-14)12-2-4-13(5-3-12)28(26,27)17(18,19)20/h2-7,9,14H,8H2,1H3,(H,22,25). The van der Waals surface area contributed by atoms with Gasteiger partial charge in [-0.3, -0.25) is 9.78 Å². The van der Waals surface area contributed by atoms with E-state index in [-0.39, 0.29) is 12.1 Å². The fourth-order valence-electron chi connectivity index (χ4n) is 2.77. The summed E-state index contributed by atoms with van der Waals surface area (Å²) in [7, 11) is -5.51. The van der Waals surface area contributed by atoms with Gasteiger partial charge in [-0.1, -0.05) is 0 Å². The second kappa shape index (κ2) is 6.89. The molecule has 1 aromatic carbocycles. The van der Waals surface area contributed by atoms with Crippen molar-refractivity contribution in [1.82, 2.24) is 10.3 Å². The highest BCUT2D eigenvalue weighted by atomic mass is 32.2. The molecular weight excluding hydrogens is 399 g/mol. The smallest absolute Gasteiger partial charge is 0.325 e. The van der Waals surface area contributed by atoms with Crippen LogP contribution in [0.25, 0.3) is 0 Å². The molecule has 1 unspecified atom stereocenters. The Bertz CT molecular complexity index is 1040. The summed E-state index contributed by atoms with van der Waals surface area (Å²) in [4.78, 5) is 28.5. The van der Waals surface area contributed by atoms with Crippen LogP contribution in [0.5, 0.6) is 0 Å². The third kappa shape index (κ3) is 3.44. The van der Waals surface area contributed by atoms with E-state index in [2.05, 4.69) is 10.3 Å². The van der Waals surface area contributed by atoms with Crippen molar-refractivity contribution in [2.75, 3.05) is 4.90 Å². The molecule has 0 saturated carbocycles. The van der Waals surface area contributed by atoms with Crippen LogP contribution in [0.3, 0.4) is 0 Å². The number of hydrogen-bond donors (Lipinski definition) is 1. The molecule has 11 heteroatoms. The van der Waals surface area contributed by atoms with E-state index < -0.39 is 38.2 Å². The predicted octanol–water partition coefficient (Wildman–Crippen LogP) is 2.35. The predicted molar refractivity (Wildman–Crippen MR) is 92.2 cm³/mol. The number of sulfone groups is 1. The first-order valence-electron chi connectivity index (χ1n) is 7.98. The van der Waals surface area contributed by atoms with E-state index >= 15 is 0 Å². The Morgan fingerprint density at radius 2 is 1.79 bits per heavy atom. The molecule has 3 amide bonds. The van der Waals surface area contributed by atoms with Gasteiger partial charge < -0.3 is 5.32 Å². The van der Waals surface area contributed by atoms with Gasteiger partial charge in [0.1, 0.15) is 6.04 Å². The van der Waals surface area contributed by atoms with Crippen LogP contribution in [0.4, 0.5) is 23.7 Å². The Hall–Kier alpha value is -2.95. The number of halogens is 3. The number of carbonyl (C=O) groups excluding carboxylic acids is 2. The lowest BCUT2D eigenvalue weighted by atomic mass is 10.0. The zero-order chi connectivity index (χ0) is 20.7. The van der Waals surface area contributed by atoms with Gasteiger partial charge >= 0.3 is 11.5 Å². The maximum atomic E-state index is 12.6. The molecule has 2 heterocycles. The van der Waals surface area contributed by atoms with Gasteiger partial charge in [0.25, 0.3) is 15.7 Å². The van der Waals surface area contributed by atoms with E-state index in [0.717, 1.165) is 28.2 Å². The number of benzene rings is 1. The molecule has 1 aromatic heterocycles. The Labute approximate surface area is 158 Å². The number of nitrogens with zero attached hydrogens (tertiary/aromatic N) is 2. The van der Waals surface area contributed by atoms with Gasteiger partial charge in [0.15, 0.2) is 0 Å². The fraction of sp³-hybridized carbons (Fsp3) is 0.235. The lowest BCUT2D eigenvalue weighted by molar-refractivity contribution is -0.118. The van der Waals surface area contributed by atoms with Crippen molar-refractivity contribution in [3.05, 3.63) is 53.9 Å². The largest absolute Gasteiger partial charge is 0.501 e. The van der Waals surface area contributed by atoms with Crippen molar-refractivity contribution in [3.63, 3.8) is 0 Å². The number of rotatable bonds is 4. The summed E-state index contributed by atoms with van der Waals surface area (Å²) in [5.41, 5.74) is -3.83. The fourth-order valence-corrected chi connectivity index (χ4v) is 3.53. The summed E-state index contributed by atoms with van der Waals surface area (Å²) in [6.45, 7) is 1.81. The van der Waals surface area contributed by atoms with Crippen LogP contribution >= 0.6 is 0 Å². The maximum Gasteiger partial charge on any atom is 0.501 e. The molecule has 1 aliphatic rings. The third-order valence-corrected chi connectivity index (χ3v) is 5.79. The minimum Gasteiger partial charge on any atom is -0.325 e. The van der Waals surface area contributed by atoms with Crippen LogP contribution in [0.15, 0.2) is 47.6 Å². The van der Waals surface area contributed by atoms with Crippen LogP contribution in [0.1, 0.15) is 11.1 Å². The Balaban J connectivity index is 1.83. The number of amides is 3. The van der Waals surface area contributed by atoms with Crippen molar-refractivity contribution in [1.29, 1.82) is 0 Å². The van der Waals surface area contributed by atoms with Gasteiger partial charge in [-0.25, -0.2) is 18.1 Å². The number of alkyl halides is 3. The summed E-state index contributed by atoms with van der Waals surface area (Å²) < 4.78 is 60.7. The first kappa shape index (κ1) is 19.8. The average molecular weight is 413 g/mol. The van der Waals surface area contributed by atoms with Crippen molar-refractivity contribution < 1.29 is 31.2 Å². The summed E-state index contributed by atoms with van der Waals surface area (Å²) >= 11 is 0. The van der Waals surface area contributed by atoms with Gasteiger partial charge in [-0.05, 0) is 48.4 Å². The molecule has 0 radical (unpaired) electrons. The number of anilines is 1. The number of hydrogen-bond acceptors (Lipinski definition) is 5. The van der Waals surface area contributed by atoms with Crippen molar-refractivity contribution in [3.8, 4) is 0 Å². The van der Waals surface area contributed by atoms with E-state index in [1.165, 1.54) is 0 Å². The van der Waals surface area contributed by atoms with E-state index in [1.54, 1.807) is 25.4 Å². The van der Waals surface area contributed by atoms with Crippen molar-refractivity contribution in [2.45, 2.75) is 29.8 Å². The van der Waals surface area contributed by atoms with E-state index in [1.807, 2.05) is 0 Å². The normalized spacial score (nSPS) is 17.7. The van der Waals surface area contributed by atoms with Gasteiger partial charge in [0.05, 0.1) is 10.6 Å². The SMILES string of the molecule is Cc1cnccc1CC1NC(=O)N(c2ccc(S(=O)(=O)C(F)(F)F)cc2)C1=O. The Morgan fingerprint density at radius 3 is 2.36 bits per heavy atom. The highest BCUT2D eigenvalue weighted by Crippen LogP contribution is 2.31. The first-order chi connectivity index (χ1) is 13.0. The van der Waals surface area contributed by atoms with Gasteiger partial charge in [-0.15, -0.1) is 0 Å². The summed E-state index contributed by atoms with van der Waals surface area (Å²) in [5, 5.41) is 2.52. The highest BCUT2D eigenvalue weighted by Gasteiger charge is 2.47. The molecule has 1 N–H and O–H groups in total. The highest BCUT2D eigenvalue weighted by molar-refractivity contribution is 7.92. The Kier molecular flexibility index (Phi) is 4.88. The van der Waals surface area contributed by atoms with Crippen LogP contribution in [-0.4, -0.2) is 36.9 Å². The monoisotopic (exact) mass is 413 g/mol. The molecule has 1 atom stereocenters. The first-order valence-corrected chi connectivity index (χ1v) is 9.46. The molecule has 1 saturated heterocycles. The minimum atomic E-state index is -5.51. The van der Waals surface area contributed by atoms with Crippen LogP contribution in [-0.2, 0) is 21.1 Å². The molecule has 0 aliphatic carbocycles. The van der Waals surface area contributed by atoms with E-state index in [0.29, 0.717) is 12.1 Å². The summed E-state index contributed by atoms with van der Waals surface area (Å²) in [6, 6.07) is 3.50. The lowest BCUT2D eigenvalue weighted by Gasteiger charge is -2.14. The molecule has 28 heavy (non-hydrogen) atoms. The molecular formula is C17H14F3N3O4S. The molecule has 148 valence electrons. The summed E-state index contributed by atoms with van der Waals surface area (Å²) in [6.07, 6.45) is 3.39. The lowest BCUT2D eigenvalue weighted by Crippen LogP contribution is -2.32. The minimum absolute atomic E-state index is 0.0300. The van der Waals surface area contributed by atoms with Gasteiger partial charge in [-0.2, -0.15) is 13.2 Å². The third-order valence-electron chi connectivity index (χ3n) is 4.29. The van der Waals surface area contributed by atoms with Crippen molar-refractivity contribution in [2.24, 2.45) is 0 Å². The topological polar surface area (TPSA) is 96.4 Å². The van der Waals surface area contributed by atoms with Gasteiger partial charge in [0, 0.05) is 18.8 Å². The van der Waals surface area contributed by atoms with Crippen molar-refractivity contribution >= 4 is 27.5 Å². The van der Waals surface area contributed by atoms with E-state index in [4.69, 9.17) is 0 Å². The number of carbonyl (C=O) groups is 2. The number of imide groups is 1. The van der Waals surface area contributed by atoms with E-state index in [9.17, 15) is 31.2 Å². The van der Waals surface area contributed by atoms with Crippen LogP contribution in [0.2, 0.25) is 0 Å². The zero-order valence-electron chi connectivity index (χ0n) is 14.4. The molecule has 3 rings (SSSR count). The van der Waals surface area contributed by atoms with Crippen LogP contribution in [0, 0.1) is 6.92 Å². The molecule has 7 nitrogen and oxygen atoms in total. The number of pyridine rings is 1. The maximum absolute atomic E-state index is 12.6. The number of nitrogens with one attached hydrogen (secondary N) is 1. The van der Waals surface area contributed by atoms with Crippen LogP contribution < -0.4 is 10.2 Å². The Morgan fingerprint density at radius 1 is 1.14 bits per heavy atom. The second-order valence-corrected chi connectivity index (χ2v) is 8.07. The second-order valence-electron chi connectivity index (χ2n) is 6.13. The average Bonchev–Trinajstić information content (AvgIpc) is 2.89. The molecule has 0 bridgehead atoms. The number of aromatic nitrogens is 1. The molecule has 2 aromatic rings. The summed E-state index contributed by atoms with van der Waals surface area (Å²) in [5.74, 6) is -0.590.